The first-order valence-electron chi connectivity index (χ1n) is 6.68. The highest BCUT2D eigenvalue weighted by Gasteiger charge is 2.29. The predicted octanol–water partition coefficient (Wildman–Crippen LogP) is 3.33. The third-order valence-electron chi connectivity index (χ3n) is 3.93. The minimum atomic E-state index is 0.0797. The summed E-state index contributed by atoms with van der Waals surface area (Å²) in [5.74, 6) is 0.354. The van der Waals surface area contributed by atoms with Crippen LogP contribution in [0.2, 0.25) is 5.02 Å². The lowest BCUT2D eigenvalue weighted by Gasteiger charge is -2.20. The highest BCUT2D eigenvalue weighted by molar-refractivity contribution is 6.31. The zero-order chi connectivity index (χ0) is 13.2. The van der Waals surface area contributed by atoms with E-state index >= 15 is 0 Å². The van der Waals surface area contributed by atoms with Gasteiger partial charge in [0.15, 0.2) is 0 Å². The molecule has 0 saturated carbocycles. The Morgan fingerprint density at radius 3 is 2.95 bits per heavy atom. The van der Waals surface area contributed by atoms with Crippen LogP contribution in [0.1, 0.15) is 29.2 Å². The van der Waals surface area contributed by atoms with Crippen LogP contribution < -0.4 is 5.73 Å². The highest BCUT2D eigenvalue weighted by atomic mass is 35.5. The summed E-state index contributed by atoms with van der Waals surface area (Å²) in [4.78, 5) is 4.51. The van der Waals surface area contributed by atoms with Gasteiger partial charge in [0, 0.05) is 28.9 Å². The van der Waals surface area contributed by atoms with E-state index in [1.54, 1.807) is 0 Å². The Balaban J connectivity index is 1.79. The fourth-order valence-corrected chi connectivity index (χ4v) is 3.13. The van der Waals surface area contributed by atoms with Gasteiger partial charge in [-0.3, -0.25) is 4.98 Å². The molecule has 0 bridgehead atoms. The van der Waals surface area contributed by atoms with Crippen LogP contribution in [0.25, 0.3) is 0 Å². The zero-order valence-corrected chi connectivity index (χ0v) is 11.5. The second kappa shape index (κ2) is 5.32. The van der Waals surface area contributed by atoms with Crippen LogP contribution in [-0.4, -0.2) is 11.0 Å². The largest absolute Gasteiger partial charge is 0.327 e. The topological polar surface area (TPSA) is 38.9 Å². The van der Waals surface area contributed by atoms with E-state index in [0.29, 0.717) is 5.92 Å². The molecular weight excluding hydrogens is 256 g/mol. The molecule has 0 aliphatic heterocycles. The first kappa shape index (κ1) is 12.6. The van der Waals surface area contributed by atoms with Crippen molar-refractivity contribution >= 4 is 11.6 Å². The fraction of sp³-hybridized carbons (Fsp3) is 0.312. The number of nitrogens with two attached hydrogens (primary N) is 1. The number of halogens is 1. The molecule has 0 spiro atoms. The third kappa shape index (κ3) is 2.51. The van der Waals surface area contributed by atoms with E-state index < -0.39 is 0 Å². The zero-order valence-electron chi connectivity index (χ0n) is 10.7. The van der Waals surface area contributed by atoms with Gasteiger partial charge in [-0.1, -0.05) is 35.9 Å². The van der Waals surface area contributed by atoms with Gasteiger partial charge in [0.05, 0.1) is 0 Å². The lowest BCUT2D eigenvalue weighted by Crippen LogP contribution is -2.30. The van der Waals surface area contributed by atoms with Crippen molar-refractivity contribution in [2.75, 3.05) is 0 Å². The molecule has 2 nitrogen and oxygen atoms in total. The van der Waals surface area contributed by atoms with Gasteiger partial charge >= 0.3 is 0 Å². The number of aromatic nitrogens is 1. The van der Waals surface area contributed by atoms with Gasteiger partial charge in [-0.2, -0.15) is 0 Å². The lowest BCUT2D eigenvalue weighted by atomic mass is 9.92. The molecule has 3 rings (SSSR count). The van der Waals surface area contributed by atoms with Gasteiger partial charge in [-0.25, -0.2) is 0 Å². The maximum Gasteiger partial charge on any atom is 0.0482 e. The van der Waals surface area contributed by atoms with Crippen LogP contribution in [-0.2, 0) is 12.8 Å². The van der Waals surface area contributed by atoms with Crippen LogP contribution in [0.5, 0.6) is 0 Å². The number of hydrogen-bond donors (Lipinski definition) is 1. The molecule has 0 saturated heterocycles. The maximum atomic E-state index is 6.40. The quantitative estimate of drug-likeness (QED) is 0.931. The Labute approximate surface area is 118 Å². The van der Waals surface area contributed by atoms with Gasteiger partial charge in [-0.05, 0) is 42.5 Å². The average molecular weight is 273 g/mol. The molecule has 1 heterocycles. The van der Waals surface area contributed by atoms with E-state index in [0.717, 1.165) is 29.8 Å². The number of hydrogen-bond acceptors (Lipinski definition) is 2. The Kier molecular flexibility index (Phi) is 3.54. The second-order valence-electron chi connectivity index (χ2n) is 5.15. The van der Waals surface area contributed by atoms with E-state index in [1.807, 2.05) is 30.5 Å². The van der Waals surface area contributed by atoms with Crippen LogP contribution in [0.15, 0.2) is 42.6 Å². The fourth-order valence-electron chi connectivity index (χ4n) is 2.92. The van der Waals surface area contributed by atoms with Crippen molar-refractivity contribution in [3.05, 3.63) is 64.4 Å². The molecule has 1 aromatic carbocycles. The van der Waals surface area contributed by atoms with E-state index in [1.165, 1.54) is 11.3 Å². The van der Waals surface area contributed by atoms with Crippen molar-refractivity contribution in [3.63, 3.8) is 0 Å². The van der Waals surface area contributed by atoms with Crippen molar-refractivity contribution in [1.82, 2.24) is 4.98 Å². The maximum absolute atomic E-state index is 6.40. The molecule has 0 radical (unpaired) electrons. The van der Waals surface area contributed by atoms with E-state index in [4.69, 9.17) is 17.3 Å². The molecule has 1 aliphatic rings. The molecule has 19 heavy (non-hydrogen) atoms. The molecule has 98 valence electrons. The summed E-state index contributed by atoms with van der Waals surface area (Å²) in [6.07, 6.45) is 4.85. The SMILES string of the molecule is NC(Cc1ccccc1Cl)C1CCc2cccnc21. The van der Waals surface area contributed by atoms with Gasteiger partial charge < -0.3 is 5.73 Å². The number of nitrogens with zero attached hydrogens (tertiary/aromatic N) is 1. The minimum Gasteiger partial charge on any atom is -0.327 e. The van der Waals surface area contributed by atoms with E-state index in [-0.39, 0.29) is 6.04 Å². The third-order valence-corrected chi connectivity index (χ3v) is 4.30. The van der Waals surface area contributed by atoms with Crippen LogP contribution >= 0.6 is 11.6 Å². The van der Waals surface area contributed by atoms with Crippen molar-refractivity contribution < 1.29 is 0 Å². The molecule has 2 aromatic rings. The van der Waals surface area contributed by atoms with E-state index in [9.17, 15) is 0 Å². The lowest BCUT2D eigenvalue weighted by molar-refractivity contribution is 0.517. The van der Waals surface area contributed by atoms with Crippen molar-refractivity contribution in [2.45, 2.75) is 31.2 Å². The first-order chi connectivity index (χ1) is 9.25. The van der Waals surface area contributed by atoms with Crippen molar-refractivity contribution in [3.8, 4) is 0 Å². The summed E-state index contributed by atoms with van der Waals surface area (Å²) in [7, 11) is 0. The number of pyridine rings is 1. The molecule has 2 atom stereocenters. The highest BCUT2D eigenvalue weighted by Crippen LogP contribution is 2.34. The number of rotatable bonds is 3. The van der Waals surface area contributed by atoms with Crippen LogP contribution in [0.3, 0.4) is 0 Å². The van der Waals surface area contributed by atoms with Crippen molar-refractivity contribution in [1.29, 1.82) is 0 Å². The monoisotopic (exact) mass is 272 g/mol. The standard InChI is InChI=1S/C16H17ClN2/c17-14-6-2-1-4-12(14)10-15(18)13-8-7-11-5-3-9-19-16(11)13/h1-6,9,13,15H,7-8,10,18H2. The van der Waals surface area contributed by atoms with E-state index in [2.05, 4.69) is 17.1 Å². The Bertz CT molecular complexity index is 582. The van der Waals surface area contributed by atoms with Gasteiger partial charge in [0.1, 0.15) is 0 Å². The van der Waals surface area contributed by atoms with Gasteiger partial charge in [0.2, 0.25) is 0 Å². The van der Waals surface area contributed by atoms with Crippen LogP contribution in [0, 0.1) is 0 Å². The Hall–Kier alpha value is -1.38. The van der Waals surface area contributed by atoms with Crippen LogP contribution in [0.4, 0.5) is 0 Å². The minimum absolute atomic E-state index is 0.0797. The molecule has 2 N–H and O–H groups in total. The number of fused-ring (bicyclic) bond motifs is 1. The Morgan fingerprint density at radius 1 is 1.26 bits per heavy atom. The molecular formula is C16H17ClN2. The molecule has 1 aliphatic carbocycles. The molecule has 3 heteroatoms. The summed E-state index contributed by atoms with van der Waals surface area (Å²) in [6, 6.07) is 12.2. The second-order valence-corrected chi connectivity index (χ2v) is 5.56. The smallest absolute Gasteiger partial charge is 0.0482 e. The normalized spacial score (nSPS) is 19.2. The summed E-state index contributed by atoms with van der Waals surface area (Å²) in [5.41, 5.74) is 10.1. The van der Waals surface area contributed by atoms with Gasteiger partial charge in [-0.15, -0.1) is 0 Å². The summed E-state index contributed by atoms with van der Waals surface area (Å²) >= 11 is 6.20. The number of aryl methyl sites for hydroxylation is 1. The first-order valence-corrected chi connectivity index (χ1v) is 7.06. The average Bonchev–Trinajstić information content (AvgIpc) is 2.85. The van der Waals surface area contributed by atoms with Crippen molar-refractivity contribution in [2.24, 2.45) is 5.73 Å². The van der Waals surface area contributed by atoms with Gasteiger partial charge in [0.25, 0.3) is 0 Å². The number of benzene rings is 1. The predicted molar refractivity (Wildman–Crippen MR) is 78.4 cm³/mol. The molecule has 0 fully saturated rings. The molecule has 1 aromatic heterocycles. The molecule has 2 unspecified atom stereocenters. The molecule has 0 amide bonds. The summed E-state index contributed by atoms with van der Waals surface area (Å²) in [5, 5.41) is 0.803. The summed E-state index contributed by atoms with van der Waals surface area (Å²) in [6.45, 7) is 0. The summed E-state index contributed by atoms with van der Waals surface area (Å²) < 4.78 is 0. The Morgan fingerprint density at radius 2 is 2.11 bits per heavy atom.